The van der Waals surface area contributed by atoms with Gasteiger partial charge in [-0.1, -0.05) is 24.3 Å². The summed E-state index contributed by atoms with van der Waals surface area (Å²) in [5.41, 5.74) is -1.81. The maximum atomic E-state index is 14.3. The van der Waals surface area contributed by atoms with Crippen molar-refractivity contribution in [3.63, 3.8) is 0 Å². The minimum Gasteiger partial charge on any atom is -0.296 e. The molecule has 0 aliphatic carbocycles. The second-order valence-corrected chi connectivity index (χ2v) is 10.6. The first kappa shape index (κ1) is 29.0. The largest absolute Gasteiger partial charge is 0.296 e. The lowest BCUT2D eigenvalue weighted by Gasteiger charge is -2.15. The maximum absolute atomic E-state index is 14.3. The molecule has 1 N–H and O–H groups in total. The minimum absolute atomic E-state index is 0.0456. The number of sulfonamides is 1. The molecular formula is C26H20F6N4O3S. The minimum atomic E-state index is -3.86. The van der Waals surface area contributed by atoms with Crippen LogP contribution in [0.3, 0.4) is 0 Å². The van der Waals surface area contributed by atoms with Gasteiger partial charge in [-0.25, -0.2) is 39.4 Å². The molecule has 1 aromatic heterocycles. The average molecular weight is 583 g/mol. The molecule has 4 rings (SSSR count). The van der Waals surface area contributed by atoms with Crippen LogP contribution in [0.15, 0.2) is 64.4 Å². The number of hydrogen-bond acceptors (Lipinski definition) is 5. The van der Waals surface area contributed by atoms with Gasteiger partial charge in [0.1, 0.15) is 5.82 Å². The van der Waals surface area contributed by atoms with Crippen molar-refractivity contribution in [2.45, 2.75) is 11.4 Å². The summed E-state index contributed by atoms with van der Waals surface area (Å²) in [4.78, 5) is 15.0. The van der Waals surface area contributed by atoms with E-state index in [1.165, 1.54) is 36.4 Å². The van der Waals surface area contributed by atoms with Gasteiger partial charge in [-0.3, -0.25) is 9.69 Å². The third-order valence-corrected chi connectivity index (χ3v) is 7.23. The molecule has 3 aromatic carbocycles. The molecule has 0 spiro atoms. The third-order valence-electron chi connectivity index (χ3n) is 5.83. The molecule has 14 heteroatoms. The molecule has 1 heterocycles. The van der Waals surface area contributed by atoms with Crippen LogP contribution in [0.5, 0.6) is 0 Å². The summed E-state index contributed by atoms with van der Waals surface area (Å²) in [5.74, 6) is -11.5. The van der Waals surface area contributed by atoms with Gasteiger partial charge in [-0.05, 0) is 49.5 Å². The van der Waals surface area contributed by atoms with Crippen molar-refractivity contribution in [3.8, 4) is 22.3 Å². The van der Waals surface area contributed by atoms with Gasteiger partial charge in [0.05, 0.1) is 35.4 Å². The zero-order valence-electron chi connectivity index (χ0n) is 20.9. The highest BCUT2D eigenvalue weighted by atomic mass is 32.2. The Kier molecular flexibility index (Phi) is 8.14. The lowest BCUT2D eigenvalue weighted by Crippen LogP contribution is -2.33. The van der Waals surface area contributed by atoms with Crippen LogP contribution < -0.4 is 10.3 Å². The first-order valence-corrected chi connectivity index (χ1v) is 12.9. The predicted molar refractivity (Wildman–Crippen MR) is 134 cm³/mol. The predicted octanol–water partition coefficient (Wildman–Crippen LogP) is 4.26. The smallest absolute Gasteiger partial charge is 0.275 e. The van der Waals surface area contributed by atoms with E-state index < -0.39 is 62.6 Å². The Hall–Kier alpha value is -4.01. The lowest BCUT2D eigenvalue weighted by atomic mass is 9.97. The van der Waals surface area contributed by atoms with Crippen molar-refractivity contribution in [2.24, 2.45) is 0 Å². The molecule has 0 saturated carbocycles. The standard InChI is InChI=1S/C26H20F6N4O3S/c1-35(2)13-34-40(38,39)17-9-5-14(6-10-17)18-11-33-36(26(37)20(18)15-3-7-16(27)8-4-15)12-19-21(28)23(30)25(32)24(31)22(19)29/h3-11,34H,12-13H2,1-2H3. The first-order chi connectivity index (χ1) is 18.8. The van der Waals surface area contributed by atoms with Crippen LogP contribution in [-0.4, -0.2) is 43.9 Å². The lowest BCUT2D eigenvalue weighted by molar-refractivity contribution is 0.366. The molecule has 7 nitrogen and oxygen atoms in total. The van der Waals surface area contributed by atoms with Gasteiger partial charge >= 0.3 is 0 Å². The van der Waals surface area contributed by atoms with Crippen LogP contribution in [0, 0.1) is 34.9 Å². The van der Waals surface area contributed by atoms with Gasteiger partial charge in [0, 0.05) is 5.56 Å². The Morgan fingerprint density at radius 2 is 1.32 bits per heavy atom. The van der Waals surface area contributed by atoms with Crippen LogP contribution in [0.1, 0.15) is 5.56 Å². The van der Waals surface area contributed by atoms with E-state index >= 15 is 0 Å². The SMILES string of the molecule is CN(C)CNS(=O)(=O)c1ccc(-c2cnn(Cc3c(F)c(F)c(F)c(F)c3F)c(=O)c2-c2ccc(F)cc2)cc1. The van der Waals surface area contributed by atoms with E-state index in [-0.39, 0.29) is 28.3 Å². The van der Waals surface area contributed by atoms with Crippen LogP contribution in [0.25, 0.3) is 22.3 Å². The Bertz CT molecular complexity index is 1710. The quantitative estimate of drug-likeness (QED) is 0.145. The molecule has 210 valence electrons. The monoisotopic (exact) mass is 582 g/mol. The summed E-state index contributed by atoms with van der Waals surface area (Å²) >= 11 is 0. The van der Waals surface area contributed by atoms with E-state index in [4.69, 9.17) is 0 Å². The topological polar surface area (TPSA) is 84.3 Å². The summed E-state index contributed by atoms with van der Waals surface area (Å²) in [5, 5.41) is 3.86. The fourth-order valence-electron chi connectivity index (χ4n) is 3.77. The zero-order valence-corrected chi connectivity index (χ0v) is 21.7. The van der Waals surface area contributed by atoms with Gasteiger partial charge < -0.3 is 0 Å². The van der Waals surface area contributed by atoms with E-state index in [0.717, 1.165) is 18.3 Å². The Labute approximate surface area is 224 Å². The molecule has 0 atom stereocenters. The van der Waals surface area contributed by atoms with Crippen molar-refractivity contribution < 1.29 is 34.8 Å². The first-order valence-electron chi connectivity index (χ1n) is 11.4. The van der Waals surface area contributed by atoms with E-state index in [1.807, 2.05) is 0 Å². The molecule has 0 aliphatic rings. The molecular weight excluding hydrogens is 562 g/mol. The Balaban J connectivity index is 1.84. The normalized spacial score (nSPS) is 11.8. The number of benzene rings is 3. The Morgan fingerprint density at radius 3 is 1.88 bits per heavy atom. The van der Waals surface area contributed by atoms with Crippen LogP contribution >= 0.6 is 0 Å². The highest BCUT2D eigenvalue weighted by molar-refractivity contribution is 7.89. The molecule has 0 radical (unpaired) electrons. The Morgan fingerprint density at radius 1 is 0.800 bits per heavy atom. The third kappa shape index (κ3) is 5.64. The molecule has 0 saturated heterocycles. The van der Waals surface area contributed by atoms with Gasteiger partial charge in [0.2, 0.25) is 15.8 Å². The van der Waals surface area contributed by atoms with Crippen molar-refractivity contribution in [2.75, 3.05) is 20.8 Å². The number of halogens is 6. The van der Waals surface area contributed by atoms with Crippen LogP contribution in [-0.2, 0) is 16.6 Å². The fraction of sp³-hybridized carbons (Fsp3) is 0.154. The molecule has 0 aliphatic heterocycles. The molecule has 40 heavy (non-hydrogen) atoms. The van der Waals surface area contributed by atoms with E-state index in [0.29, 0.717) is 10.2 Å². The van der Waals surface area contributed by atoms with Crippen molar-refractivity contribution in [1.82, 2.24) is 19.4 Å². The number of aromatic nitrogens is 2. The van der Waals surface area contributed by atoms with Gasteiger partial charge in [0.25, 0.3) is 5.56 Å². The summed E-state index contributed by atoms with van der Waals surface area (Å²) in [6, 6.07) is 9.96. The number of nitrogens with one attached hydrogen (secondary N) is 1. The highest BCUT2D eigenvalue weighted by Crippen LogP contribution is 2.30. The second-order valence-electron chi connectivity index (χ2n) is 8.86. The number of hydrogen-bond donors (Lipinski definition) is 1. The van der Waals surface area contributed by atoms with Gasteiger partial charge in [0.15, 0.2) is 23.3 Å². The molecule has 0 fully saturated rings. The molecule has 0 amide bonds. The highest BCUT2D eigenvalue weighted by Gasteiger charge is 2.27. The summed E-state index contributed by atoms with van der Waals surface area (Å²) in [7, 11) is -0.522. The van der Waals surface area contributed by atoms with Gasteiger partial charge in [-0.2, -0.15) is 9.82 Å². The van der Waals surface area contributed by atoms with Crippen LogP contribution in [0.2, 0.25) is 0 Å². The van der Waals surface area contributed by atoms with E-state index in [9.17, 15) is 39.6 Å². The summed E-state index contributed by atoms with van der Waals surface area (Å²) < 4.78 is 111. The summed E-state index contributed by atoms with van der Waals surface area (Å²) in [6.07, 6.45) is 1.11. The van der Waals surface area contributed by atoms with Crippen molar-refractivity contribution in [1.29, 1.82) is 0 Å². The maximum Gasteiger partial charge on any atom is 0.275 e. The zero-order chi connectivity index (χ0) is 29.4. The van der Waals surface area contributed by atoms with E-state index in [2.05, 4.69) is 9.82 Å². The van der Waals surface area contributed by atoms with Crippen molar-refractivity contribution in [3.05, 3.63) is 106 Å². The fourth-order valence-corrected chi connectivity index (χ4v) is 4.85. The van der Waals surface area contributed by atoms with E-state index in [1.54, 1.807) is 19.0 Å². The molecule has 4 aromatic rings. The molecule has 0 unspecified atom stereocenters. The molecule has 0 bridgehead atoms. The number of rotatable bonds is 8. The second kappa shape index (κ2) is 11.2. The van der Waals surface area contributed by atoms with Crippen LogP contribution in [0.4, 0.5) is 26.3 Å². The number of nitrogens with zero attached hydrogens (tertiary/aromatic N) is 3. The van der Waals surface area contributed by atoms with Gasteiger partial charge in [-0.15, -0.1) is 0 Å². The van der Waals surface area contributed by atoms with Crippen molar-refractivity contribution >= 4 is 10.0 Å². The summed E-state index contributed by atoms with van der Waals surface area (Å²) in [6.45, 7) is -1.06. The average Bonchev–Trinajstić information content (AvgIpc) is 2.93.